The molecule has 14 rings (SSSR count). The standard InChI is InChI=1S/C33H25N.C18H12BrN.C15H15BO2/c1-33(2)29-14-8-6-12-25(29)27-20-22(16-18-30(27)33)23-17-19-32-28(21-23)26-13-7-9-15-31(26)34(32)24-10-4-3-5-11-24;19-13-10-11-18-16(12-13)15-8-4-5-9-17(15)20(18)14-6-2-1-3-7-14;1-15(2)13-6-4-3-5-11(13)12-9-10(16(17)18)7-8-14(12)15/h3-21H,1-2H3;1-12H;3-9,17-18H,1-2H3. The van der Waals surface area contributed by atoms with Gasteiger partial charge >= 0.3 is 7.12 Å². The Morgan fingerprint density at radius 2 is 0.750 bits per heavy atom. The monoisotopic (exact) mass is 994 g/mol. The molecule has 4 nitrogen and oxygen atoms in total. The van der Waals surface area contributed by atoms with Crippen LogP contribution in [0.15, 0.2) is 235 Å². The lowest BCUT2D eigenvalue weighted by Gasteiger charge is -2.21. The molecule has 0 saturated carbocycles. The molecule has 0 unspecified atom stereocenters. The number of nitrogens with zero attached hydrogens (tertiary/aromatic N) is 2. The lowest BCUT2D eigenvalue weighted by molar-refractivity contribution is 0.426. The molecule has 72 heavy (non-hydrogen) atoms. The highest BCUT2D eigenvalue weighted by molar-refractivity contribution is 9.10. The summed E-state index contributed by atoms with van der Waals surface area (Å²) in [5, 5.41) is 23.7. The zero-order valence-electron chi connectivity index (χ0n) is 40.7. The fraction of sp³-hybridized carbons (Fsp3) is 0.0909. The summed E-state index contributed by atoms with van der Waals surface area (Å²) < 4.78 is 5.80. The zero-order valence-corrected chi connectivity index (χ0v) is 42.3. The molecule has 2 heterocycles. The first-order valence-corrected chi connectivity index (χ1v) is 25.5. The van der Waals surface area contributed by atoms with Crippen molar-refractivity contribution in [2.75, 3.05) is 0 Å². The Bertz CT molecular complexity index is 4040. The van der Waals surface area contributed by atoms with Crippen LogP contribution in [0.1, 0.15) is 49.9 Å². The Balaban J connectivity index is 0.000000119. The first-order chi connectivity index (χ1) is 35.0. The van der Waals surface area contributed by atoms with Crippen LogP contribution in [-0.2, 0) is 10.8 Å². The van der Waals surface area contributed by atoms with Crippen molar-refractivity contribution in [2.45, 2.75) is 38.5 Å². The number of hydrogen-bond donors (Lipinski definition) is 2. The molecule has 2 aliphatic carbocycles. The molecule has 0 aliphatic heterocycles. The van der Waals surface area contributed by atoms with E-state index in [-0.39, 0.29) is 10.8 Å². The van der Waals surface area contributed by atoms with E-state index in [4.69, 9.17) is 0 Å². The number of hydrogen-bond acceptors (Lipinski definition) is 2. The van der Waals surface area contributed by atoms with Crippen molar-refractivity contribution in [3.8, 4) is 44.8 Å². The van der Waals surface area contributed by atoms with Crippen LogP contribution < -0.4 is 5.46 Å². The van der Waals surface area contributed by atoms with Crippen LogP contribution in [0.25, 0.3) is 88.4 Å². The summed E-state index contributed by atoms with van der Waals surface area (Å²) in [5.74, 6) is 0. The van der Waals surface area contributed by atoms with Gasteiger partial charge in [0.15, 0.2) is 0 Å². The molecular weight excluding hydrogens is 943 g/mol. The van der Waals surface area contributed by atoms with Crippen molar-refractivity contribution >= 4 is 72.1 Å². The topological polar surface area (TPSA) is 50.3 Å². The Morgan fingerprint density at radius 3 is 1.31 bits per heavy atom. The molecule has 6 heteroatoms. The van der Waals surface area contributed by atoms with Gasteiger partial charge in [-0.3, -0.25) is 0 Å². The number of rotatable bonds is 4. The summed E-state index contributed by atoms with van der Waals surface area (Å²) in [7, 11) is -1.41. The van der Waals surface area contributed by atoms with E-state index in [9.17, 15) is 10.0 Å². The molecule has 0 atom stereocenters. The Hall–Kier alpha value is -7.74. The molecular formula is C66H52BBrN2O2. The van der Waals surface area contributed by atoms with E-state index in [0.717, 1.165) is 10.0 Å². The Labute approximate surface area is 429 Å². The molecule has 0 spiro atoms. The number of fused-ring (bicyclic) bond motifs is 12. The highest BCUT2D eigenvalue weighted by Gasteiger charge is 2.36. The van der Waals surface area contributed by atoms with Crippen molar-refractivity contribution in [1.29, 1.82) is 0 Å². The van der Waals surface area contributed by atoms with Crippen LogP contribution in [0.3, 0.4) is 0 Å². The van der Waals surface area contributed by atoms with Gasteiger partial charge in [0.25, 0.3) is 0 Å². The third kappa shape index (κ3) is 7.52. The molecule has 10 aromatic carbocycles. The number of benzene rings is 10. The molecule has 0 saturated heterocycles. The van der Waals surface area contributed by atoms with Gasteiger partial charge in [-0.2, -0.15) is 0 Å². The first-order valence-electron chi connectivity index (χ1n) is 24.7. The summed E-state index contributed by atoms with van der Waals surface area (Å²) in [4.78, 5) is 0. The Kier molecular flexibility index (Phi) is 11.2. The molecule has 0 amide bonds. The van der Waals surface area contributed by atoms with E-state index in [1.54, 1.807) is 6.07 Å². The van der Waals surface area contributed by atoms with Crippen LogP contribution in [0.2, 0.25) is 0 Å². The van der Waals surface area contributed by atoms with E-state index < -0.39 is 7.12 Å². The SMILES string of the molecule is Brc1ccc2c(c1)c1ccccc1n2-c1ccccc1.CC1(C)c2ccccc2-c2cc(-c3ccc4c(c3)c3ccccc3n4-c3ccccc3)ccc21.CC1(C)c2ccccc2-c2cc(B(O)O)ccc21. The minimum absolute atomic E-state index is 0.0230. The third-order valence-corrected chi connectivity index (χ3v) is 15.7. The molecule has 2 N–H and O–H groups in total. The van der Waals surface area contributed by atoms with Crippen LogP contribution in [0.4, 0.5) is 0 Å². The summed E-state index contributed by atoms with van der Waals surface area (Å²) in [5.41, 5.74) is 20.8. The predicted octanol–water partition coefficient (Wildman–Crippen LogP) is 16.0. The summed E-state index contributed by atoms with van der Waals surface area (Å²) >= 11 is 3.57. The summed E-state index contributed by atoms with van der Waals surface area (Å²) in [6.07, 6.45) is 0. The number of para-hydroxylation sites is 4. The van der Waals surface area contributed by atoms with Gasteiger partial charge in [0, 0.05) is 48.2 Å². The van der Waals surface area contributed by atoms with Crippen LogP contribution in [0, 0.1) is 0 Å². The van der Waals surface area contributed by atoms with Crippen LogP contribution >= 0.6 is 15.9 Å². The van der Waals surface area contributed by atoms with Crippen molar-refractivity contribution in [3.05, 3.63) is 257 Å². The third-order valence-electron chi connectivity index (χ3n) is 15.2. The minimum atomic E-state index is -1.41. The highest BCUT2D eigenvalue weighted by atomic mass is 79.9. The van der Waals surface area contributed by atoms with Gasteiger partial charge in [-0.05, 0) is 134 Å². The highest BCUT2D eigenvalue weighted by Crippen LogP contribution is 2.50. The van der Waals surface area contributed by atoms with E-state index >= 15 is 0 Å². The van der Waals surface area contributed by atoms with Crippen LogP contribution in [-0.4, -0.2) is 26.3 Å². The summed E-state index contributed by atoms with van der Waals surface area (Å²) in [6, 6.07) is 81.7. The molecule has 348 valence electrons. The zero-order chi connectivity index (χ0) is 49.3. The predicted molar refractivity (Wildman–Crippen MR) is 306 cm³/mol. The van der Waals surface area contributed by atoms with E-state index in [1.807, 2.05) is 30.3 Å². The van der Waals surface area contributed by atoms with Crippen LogP contribution in [0.5, 0.6) is 0 Å². The smallest absolute Gasteiger partial charge is 0.423 e. The van der Waals surface area contributed by atoms with Gasteiger partial charge in [-0.1, -0.05) is 201 Å². The van der Waals surface area contributed by atoms with Crippen molar-refractivity contribution in [1.82, 2.24) is 9.13 Å². The molecule has 0 bridgehead atoms. The second-order valence-electron chi connectivity index (χ2n) is 20.0. The first kappa shape index (κ1) is 45.4. The largest absolute Gasteiger partial charge is 0.488 e. The van der Waals surface area contributed by atoms with Gasteiger partial charge in [0.05, 0.1) is 22.1 Å². The second kappa shape index (κ2) is 17.8. The molecule has 2 aromatic heterocycles. The normalized spacial score (nSPS) is 13.4. The van der Waals surface area contributed by atoms with Gasteiger partial charge in [0.2, 0.25) is 0 Å². The van der Waals surface area contributed by atoms with Gasteiger partial charge in [-0.15, -0.1) is 0 Å². The van der Waals surface area contributed by atoms with E-state index in [0.29, 0.717) is 5.46 Å². The van der Waals surface area contributed by atoms with Crippen molar-refractivity contribution < 1.29 is 10.0 Å². The molecule has 2 aliphatic rings. The second-order valence-corrected chi connectivity index (χ2v) is 21.0. The van der Waals surface area contributed by atoms with Gasteiger partial charge in [0.1, 0.15) is 0 Å². The lowest BCUT2D eigenvalue weighted by atomic mass is 9.77. The fourth-order valence-electron chi connectivity index (χ4n) is 11.6. The Morgan fingerprint density at radius 1 is 0.347 bits per heavy atom. The average Bonchev–Trinajstić information content (AvgIpc) is 4.07. The molecule has 0 radical (unpaired) electrons. The quantitative estimate of drug-likeness (QED) is 0.173. The maximum absolute atomic E-state index is 9.29. The van der Waals surface area contributed by atoms with Gasteiger partial charge in [-0.25, -0.2) is 0 Å². The lowest BCUT2D eigenvalue weighted by Crippen LogP contribution is -2.30. The number of aromatic nitrogens is 2. The molecule has 12 aromatic rings. The van der Waals surface area contributed by atoms with Crippen molar-refractivity contribution in [2.24, 2.45) is 0 Å². The average molecular weight is 996 g/mol. The minimum Gasteiger partial charge on any atom is -0.423 e. The summed E-state index contributed by atoms with van der Waals surface area (Å²) in [6.45, 7) is 9.07. The van der Waals surface area contributed by atoms with E-state index in [2.05, 4.69) is 247 Å². The molecule has 0 fully saturated rings. The van der Waals surface area contributed by atoms with E-state index in [1.165, 1.54) is 105 Å². The maximum Gasteiger partial charge on any atom is 0.488 e. The van der Waals surface area contributed by atoms with Crippen molar-refractivity contribution in [3.63, 3.8) is 0 Å². The number of halogens is 1. The fourth-order valence-corrected chi connectivity index (χ4v) is 12.0. The van der Waals surface area contributed by atoms with Gasteiger partial charge < -0.3 is 19.2 Å². The maximum atomic E-state index is 9.29.